The van der Waals surface area contributed by atoms with Crippen LogP contribution in [0.5, 0.6) is 0 Å². The highest BCUT2D eigenvalue weighted by atomic mass is 32.1. The molecule has 0 unspecified atom stereocenters. The number of anilines is 1. The van der Waals surface area contributed by atoms with Crippen LogP contribution in [0.3, 0.4) is 0 Å². The Morgan fingerprint density at radius 3 is 2.59 bits per heavy atom. The van der Waals surface area contributed by atoms with Crippen LogP contribution in [0.15, 0.2) is 41.9 Å². The van der Waals surface area contributed by atoms with E-state index < -0.39 is 5.41 Å². The topological polar surface area (TPSA) is 42.0 Å². The number of hydrogen-bond donors (Lipinski definition) is 1. The van der Waals surface area contributed by atoms with Gasteiger partial charge in [0.2, 0.25) is 5.91 Å². The van der Waals surface area contributed by atoms with Crippen LogP contribution >= 0.6 is 11.3 Å². The molecule has 0 fully saturated rings. The third-order valence-corrected chi connectivity index (χ3v) is 3.40. The molecule has 1 amide bonds. The van der Waals surface area contributed by atoms with E-state index in [0.29, 0.717) is 5.13 Å². The fraction of sp³-hybridized carbons (Fsp3) is 0.231. The Morgan fingerprint density at radius 1 is 1.29 bits per heavy atom. The summed E-state index contributed by atoms with van der Waals surface area (Å²) in [5.41, 5.74) is 0.432. The first kappa shape index (κ1) is 11.8. The first-order valence-electron chi connectivity index (χ1n) is 5.37. The first-order chi connectivity index (χ1) is 8.10. The maximum atomic E-state index is 12.2. The number of carbonyl (C=O) groups excluding carboxylic acids is 1. The zero-order chi connectivity index (χ0) is 12.3. The predicted octanol–water partition coefficient (Wildman–Crippen LogP) is 3.06. The van der Waals surface area contributed by atoms with Gasteiger partial charge in [0.1, 0.15) is 0 Å². The van der Waals surface area contributed by atoms with E-state index in [1.54, 1.807) is 6.20 Å². The van der Waals surface area contributed by atoms with E-state index >= 15 is 0 Å². The van der Waals surface area contributed by atoms with E-state index in [4.69, 9.17) is 0 Å². The Morgan fingerprint density at radius 2 is 2.00 bits per heavy atom. The number of aromatic nitrogens is 1. The van der Waals surface area contributed by atoms with Crippen LogP contribution in [-0.4, -0.2) is 10.9 Å². The van der Waals surface area contributed by atoms with Crippen LogP contribution in [0.4, 0.5) is 5.13 Å². The lowest BCUT2D eigenvalue weighted by molar-refractivity contribution is -0.120. The molecule has 0 aliphatic rings. The zero-order valence-electron chi connectivity index (χ0n) is 9.81. The number of thiazole rings is 1. The average Bonchev–Trinajstić information content (AvgIpc) is 2.83. The molecule has 1 N–H and O–H groups in total. The van der Waals surface area contributed by atoms with Crippen molar-refractivity contribution in [3.63, 3.8) is 0 Å². The monoisotopic (exact) mass is 246 g/mol. The predicted molar refractivity (Wildman–Crippen MR) is 70.2 cm³/mol. The average molecular weight is 246 g/mol. The number of nitrogens with zero attached hydrogens (tertiary/aromatic N) is 1. The Balaban J connectivity index is 2.18. The molecular weight excluding hydrogens is 232 g/mol. The standard InChI is InChI=1S/C13H14N2OS/c1-13(2,10-6-4-3-5-7-10)11(16)15-12-14-8-9-17-12/h3-9H,1-2H3,(H,14,15,16). The van der Waals surface area contributed by atoms with Crippen molar-refractivity contribution >= 4 is 22.4 Å². The number of rotatable bonds is 3. The molecule has 2 rings (SSSR count). The van der Waals surface area contributed by atoms with Crippen LogP contribution in [0.25, 0.3) is 0 Å². The number of hydrogen-bond acceptors (Lipinski definition) is 3. The molecular formula is C13H14N2OS. The van der Waals surface area contributed by atoms with Gasteiger partial charge in [0.05, 0.1) is 5.41 Å². The van der Waals surface area contributed by atoms with E-state index in [0.717, 1.165) is 5.56 Å². The van der Waals surface area contributed by atoms with E-state index in [1.807, 2.05) is 49.6 Å². The molecule has 17 heavy (non-hydrogen) atoms. The fourth-order valence-corrected chi connectivity index (χ4v) is 2.05. The van der Waals surface area contributed by atoms with Gasteiger partial charge in [-0.15, -0.1) is 11.3 Å². The Labute approximate surface area is 105 Å². The molecule has 0 saturated carbocycles. The van der Waals surface area contributed by atoms with Crippen molar-refractivity contribution in [1.82, 2.24) is 4.98 Å². The molecule has 0 aliphatic carbocycles. The van der Waals surface area contributed by atoms with Crippen LogP contribution in [-0.2, 0) is 10.2 Å². The van der Waals surface area contributed by atoms with E-state index in [-0.39, 0.29) is 5.91 Å². The zero-order valence-corrected chi connectivity index (χ0v) is 10.6. The van der Waals surface area contributed by atoms with Gasteiger partial charge in [-0.05, 0) is 19.4 Å². The van der Waals surface area contributed by atoms with Gasteiger partial charge >= 0.3 is 0 Å². The number of nitrogens with one attached hydrogen (secondary N) is 1. The van der Waals surface area contributed by atoms with Gasteiger partial charge in [-0.1, -0.05) is 30.3 Å². The molecule has 88 valence electrons. The van der Waals surface area contributed by atoms with Gasteiger partial charge < -0.3 is 5.32 Å². The normalized spacial score (nSPS) is 11.2. The Bertz CT molecular complexity index is 491. The molecule has 0 radical (unpaired) electrons. The third-order valence-electron chi connectivity index (χ3n) is 2.72. The van der Waals surface area contributed by atoms with E-state index in [2.05, 4.69) is 10.3 Å². The molecule has 0 bridgehead atoms. The minimum absolute atomic E-state index is 0.0429. The summed E-state index contributed by atoms with van der Waals surface area (Å²) in [7, 11) is 0. The summed E-state index contributed by atoms with van der Waals surface area (Å²) in [5.74, 6) is -0.0429. The Kier molecular flexibility index (Phi) is 3.24. The smallest absolute Gasteiger partial charge is 0.236 e. The second-order valence-electron chi connectivity index (χ2n) is 4.28. The second-order valence-corrected chi connectivity index (χ2v) is 5.18. The summed E-state index contributed by atoms with van der Waals surface area (Å²) in [6.07, 6.45) is 1.68. The lowest BCUT2D eigenvalue weighted by Gasteiger charge is -2.23. The summed E-state index contributed by atoms with van der Waals surface area (Å²) < 4.78 is 0. The lowest BCUT2D eigenvalue weighted by Crippen LogP contribution is -2.34. The molecule has 4 heteroatoms. The number of carbonyl (C=O) groups is 1. The van der Waals surface area contributed by atoms with Crippen LogP contribution in [0.2, 0.25) is 0 Å². The van der Waals surface area contributed by atoms with Gasteiger partial charge in [-0.3, -0.25) is 4.79 Å². The number of amides is 1. The summed E-state index contributed by atoms with van der Waals surface area (Å²) in [4.78, 5) is 16.2. The second kappa shape index (κ2) is 4.67. The van der Waals surface area contributed by atoms with Crippen molar-refractivity contribution in [2.24, 2.45) is 0 Å². The van der Waals surface area contributed by atoms with Crippen LogP contribution in [0, 0.1) is 0 Å². The van der Waals surface area contributed by atoms with Gasteiger partial charge in [-0.25, -0.2) is 4.98 Å². The SMILES string of the molecule is CC(C)(C(=O)Nc1nccs1)c1ccccc1. The molecule has 3 nitrogen and oxygen atoms in total. The van der Waals surface area contributed by atoms with E-state index in [9.17, 15) is 4.79 Å². The molecule has 2 aromatic rings. The molecule has 0 saturated heterocycles. The Hall–Kier alpha value is -1.68. The molecule has 0 atom stereocenters. The van der Waals surface area contributed by atoms with Crippen LogP contribution in [0.1, 0.15) is 19.4 Å². The van der Waals surface area contributed by atoms with Crippen molar-refractivity contribution in [1.29, 1.82) is 0 Å². The van der Waals surface area contributed by atoms with Gasteiger partial charge in [-0.2, -0.15) is 0 Å². The molecule has 1 aromatic carbocycles. The number of benzene rings is 1. The highest BCUT2D eigenvalue weighted by Gasteiger charge is 2.29. The van der Waals surface area contributed by atoms with E-state index in [1.165, 1.54) is 11.3 Å². The maximum absolute atomic E-state index is 12.2. The fourth-order valence-electron chi connectivity index (χ4n) is 1.52. The molecule has 0 aliphatic heterocycles. The molecule has 1 aromatic heterocycles. The lowest BCUT2D eigenvalue weighted by atomic mass is 9.84. The van der Waals surface area contributed by atoms with Crippen molar-refractivity contribution < 1.29 is 4.79 Å². The van der Waals surface area contributed by atoms with Gasteiger partial charge in [0.15, 0.2) is 5.13 Å². The highest BCUT2D eigenvalue weighted by molar-refractivity contribution is 7.13. The maximum Gasteiger partial charge on any atom is 0.236 e. The summed E-state index contributed by atoms with van der Waals surface area (Å²) in [5, 5.41) is 5.31. The van der Waals surface area contributed by atoms with Crippen molar-refractivity contribution in [3.8, 4) is 0 Å². The van der Waals surface area contributed by atoms with Gasteiger partial charge in [0.25, 0.3) is 0 Å². The largest absolute Gasteiger partial charge is 0.301 e. The molecule has 0 spiro atoms. The van der Waals surface area contributed by atoms with Crippen molar-refractivity contribution in [2.75, 3.05) is 5.32 Å². The van der Waals surface area contributed by atoms with Gasteiger partial charge in [0, 0.05) is 11.6 Å². The van der Waals surface area contributed by atoms with Crippen LogP contribution < -0.4 is 5.32 Å². The quantitative estimate of drug-likeness (QED) is 0.904. The molecule has 1 heterocycles. The summed E-state index contributed by atoms with van der Waals surface area (Å²) >= 11 is 1.42. The van der Waals surface area contributed by atoms with Crippen molar-refractivity contribution in [2.45, 2.75) is 19.3 Å². The minimum atomic E-state index is -0.563. The summed E-state index contributed by atoms with van der Waals surface area (Å²) in [6, 6.07) is 9.74. The minimum Gasteiger partial charge on any atom is -0.301 e. The van der Waals surface area contributed by atoms with Crippen molar-refractivity contribution in [3.05, 3.63) is 47.5 Å². The summed E-state index contributed by atoms with van der Waals surface area (Å²) in [6.45, 7) is 3.82. The highest BCUT2D eigenvalue weighted by Crippen LogP contribution is 2.25. The third kappa shape index (κ3) is 2.53. The first-order valence-corrected chi connectivity index (χ1v) is 6.25.